The predicted octanol–water partition coefficient (Wildman–Crippen LogP) is 4.22. The minimum atomic E-state index is 0.324. The van der Waals surface area contributed by atoms with Gasteiger partial charge in [-0.3, -0.25) is 4.57 Å². The zero-order chi connectivity index (χ0) is 19.8. The molecule has 7 nitrogen and oxygen atoms in total. The number of aromatic nitrogens is 5. The molecule has 0 atom stereocenters. The highest BCUT2D eigenvalue weighted by atomic mass is 16.5. The van der Waals surface area contributed by atoms with Crippen LogP contribution in [-0.4, -0.2) is 38.5 Å². The first-order valence-electron chi connectivity index (χ1n) is 9.29. The van der Waals surface area contributed by atoms with Gasteiger partial charge >= 0.3 is 0 Å². The molecule has 1 N–H and O–H groups in total. The Labute approximate surface area is 164 Å². The van der Waals surface area contributed by atoms with Gasteiger partial charge in [0, 0.05) is 18.7 Å². The molecule has 7 heteroatoms. The number of anilines is 1. The summed E-state index contributed by atoms with van der Waals surface area (Å²) in [5.74, 6) is 2.18. The van der Waals surface area contributed by atoms with Crippen LogP contribution in [0.1, 0.15) is 25.5 Å². The van der Waals surface area contributed by atoms with Gasteiger partial charge in [0.15, 0.2) is 5.82 Å². The van der Waals surface area contributed by atoms with E-state index in [0.29, 0.717) is 12.0 Å². The Bertz CT molecular complexity index is 1140. The summed E-state index contributed by atoms with van der Waals surface area (Å²) in [6.45, 7) is 6.36. The highest BCUT2D eigenvalue weighted by Crippen LogP contribution is 2.33. The van der Waals surface area contributed by atoms with E-state index in [4.69, 9.17) is 9.72 Å². The van der Waals surface area contributed by atoms with Crippen molar-refractivity contribution in [3.63, 3.8) is 0 Å². The SMILES string of the molecule is CNc1nnc(-c2cc(OC)ccc2C)n1-c1cccc2c1ncn2C(C)C. The maximum absolute atomic E-state index is 5.42. The summed E-state index contributed by atoms with van der Waals surface area (Å²) < 4.78 is 9.60. The number of para-hydroxylation sites is 1. The standard InChI is InChI=1S/C21H24N6O/c1-13(2)26-12-23-19-17(26)7-6-8-18(19)27-20(24-25-21(27)22-4)16-11-15(28-5)10-9-14(16)3/h6-13H,1-5H3,(H,22,25). The van der Waals surface area contributed by atoms with E-state index in [1.807, 2.05) is 48.3 Å². The number of nitrogens with one attached hydrogen (secondary N) is 1. The van der Waals surface area contributed by atoms with Gasteiger partial charge in [-0.1, -0.05) is 12.1 Å². The van der Waals surface area contributed by atoms with Crippen LogP contribution >= 0.6 is 0 Å². The summed E-state index contributed by atoms with van der Waals surface area (Å²) in [5, 5.41) is 12.0. The summed E-state index contributed by atoms with van der Waals surface area (Å²) in [4.78, 5) is 4.70. The molecule has 0 aliphatic rings. The van der Waals surface area contributed by atoms with Gasteiger partial charge in [-0.2, -0.15) is 0 Å². The third-order valence-corrected chi connectivity index (χ3v) is 4.95. The first-order valence-corrected chi connectivity index (χ1v) is 9.29. The van der Waals surface area contributed by atoms with Crippen LogP contribution in [0.25, 0.3) is 28.1 Å². The zero-order valence-electron chi connectivity index (χ0n) is 16.8. The Morgan fingerprint density at radius 3 is 2.64 bits per heavy atom. The average Bonchev–Trinajstić information content (AvgIpc) is 3.32. The molecule has 0 unspecified atom stereocenters. The Kier molecular flexibility index (Phi) is 4.50. The van der Waals surface area contributed by atoms with E-state index in [2.05, 4.69) is 46.9 Å². The molecule has 4 aromatic rings. The predicted molar refractivity (Wildman–Crippen MR) is 111 cm³/mol. The first-order chi connectivity index (χ1) is 13.5. The van der Waals surface area contributed by atoms with Gasteiger partial charge < -0.3 is 14.6 Å². The number of methoxy groups -OCH3 is 1. The lowest BCUT2D eigenvalue weighted by molar-refractivity contribution is 0.415. The van der Waals surface area contributed by atoms with Crippen molar-refractivity contribution in [1.82, 2.24) is 24.3 Å². The number of hydrogen-bond acceptors (Lipinski definition) is 5. The number of nitrogens with zero attached hydrogens (tertiary/aromatic N) is 5. The minimum absolute atomic E-state index is 0.324. The summed E-state index contributed by atoms with van der Waals surface area (Å²) in [6, 6.07) is 12.5. The molecule has 0 spiro atoms. The molecular weight excluding hydrogens is 352 g/mol. The highest BCUT2D eigenvalue weighted by molar-refractivity contribution is 5.86. The van der Waals surface area contributed by atoms with E-state index in [1.54, 1.807) is 7.11 Å². The van der Waals surface area contributed by atoms with Crippen molar-refractivity contribution < 1.29 is 4.74 Å². The summed E-state index contributed by atoms with van der Waals surface area (Å²) >= 11 is 0. The van der Waals surface area contributed by atoms with Crippen LogP contribution in [0, 0.1) is 6.92 Å². The van der Waals surface area contributed by atoms with Crippen LogP contribution in [0.5, 0.6) is 5.75 Å². The lowest BCUT2D eigenvalue weighted by Crippen LogP contribution is -2.05. The van der Waals surface area contributed by atoms with E-state index in [0.717, 1.165) is 39.4 Å². The molecule has 0 amide bonds. The molecule has 2 aromatic carbocycles. The molecule has 28 heavy (non-hydrogen) atoms. The van der Waals surface area contributed by atoms with Crippen LogP contribution in [0.15, 0.2) is 42.7 Å². The molecule has 0 aliphatic heterocycles. The Morgan fingerprint density at radius 1 is 1.11 bits per heavy atom. The second kappa shape index (κ2) is 6.99. The number of imidazole rings is 1. The van der Waals surface area contributed by atoms with Crippen LogP contribution in [0.2, 0.25) is 0 Å². The van der Waals surface area contributed by atoms with Crippen molar-refractivity contribution >= 4 is 17.0 Å². The zero-order valence-corrected chi connectivity index (χ0v) is 16.8. The lowest BCUT2D eigenvalue weighted by Gasteiger charge is -2.14. The molecule has 0 radical (unpaired) electrons. The number of ether oxygens (including phenoxy) is 1. The van der Waals surface area contributed by atoms with Gasteiger partial charge in [0.25, 0.3) is 0 Å². The number of benzene rings is 2. The van der Waals surface area contributed by atoms with Crippen molar-refractivity contribution in [3.8, 4) is 22.8 Å². The van der Waals surface area contributed by atoms with Crippen molar-refractivity contribution in [2.75, 3.05) is 19.5 Å². The molecular formula is C21H24N6O. The Balaban J connectivity index is 2.00. The number of hydrogen-bond donors (Lipinski definition) is 1. The minimum Gasteiger partial charge on any atom is -0.497 e. The second-order valence-corrected chi connectivity index (χ2v) is 7.00. The quantitative estimate of drug-likeness (QED) is 0.565. The van der Waals surface area contributed by atoms with E-state index in [9.17, 15) is 0 Å². The summed E-state index contributed by atoms with van der Waals surface area (Å²) in [5.41, 5.74) is 4.99. The first kappa shape index (κ1) is 18.0. The maximum Gasteiger partial charge on any atom is 0.229 e. The topological polar surface area (TPSA) is 69.8 Å². The van der Waals surface area contributed by atoms with E-state index in [1.165, 1.54) is 0 Å². The number of aryl methyl sites for hydroxylation is 1. The van der Waals surface area contributed by atoms with Crippen molar-refractivity contribution in [3.05, 3.63) is 48.3 Å². The van der Waals surface area contributed by atoms with Crippen LogP contribution < -0.4 is 10.1 Å². The fourth-order valence-electron chi connectivity index (χ4n) is 3.45. The van der Waals surface area contributed by atoms with Crippen molar-refractivity contribution in [1.29, 1.82) is 0 Å². The number of rotatable bonds is 5. The molecule has 4 rings (SSSR count). The largest absolute Gasteiger partial charge is 0.497 e. The highest BCUT2D eigenvalue weighted by Gasteiger charge is 2.20. The molecule has 2 heterocycles. The van der Waals surface area contributed by atoms with E-state index >= 15 is 0 Å². The Morgan fingerprint density at radius 2 is 1.93 bits per heavy atom. The normalized spacial score (nSPS) is 11.4. The molecule has 2 aromatic heterocycles. The van der Waals surface area contributed by atoms with Gasteiger partial charge in [0.2, 0.25) is 5.95 Å². The van der Waals surface area contributed by atoms with Crippen molar-refractivity contribution in [2.24, 2.45) is 0 Å². The molecule has 0 saturated heterocycles. The van der Waals surface area contributed by atoms with E-state index < -0.39 is 0 Å². The lowest BCUT2D eigenvalue weighted by atomic mass is 10.1. The summed E-state index contributed by atoms with van der Waals surface area (Å²) in [6.07, 6.45) is 1.89. The van der Waals surface area contributed by atoms with Gasteiger partial charge in [0.05, 0.1) is 24.6 Å². The van der Waals surface area contributed by atoms with Crippen molar-refractivity contribution in [2.45, 2.75) is 26.8 Å². The number of fused-ring (bicyclic) bond motifs is 1. The molecule has 0 saturated carbocycles. The monoisotopic (exact) mass is 376 g/mol. The van der Waals surface area contributed by atoms with Gasteiger partial charge in [-0.15, -0.1) is 10.2 Å². The molecule has 0 fully saturated rings. The smallest absolute Gasteiger partial charge is 0.229 e. The van der Waals surface area contributed by atoms with Gasteiger partial charge in [0.1, 0.15) is 11.3 Å². The van der Waals surface area contributed by atoms with Crippen LogP contribution in [0.4, 0.5) is 5.95 Å². The third kappa shape index (κ3) is 2.79. The Hall–Kier alpha value is -3.35. The summed E-state index contributed by atoms with van der Waals surface area (Å²) in [7, 11) is 3.51. The molecule has 0 bridgehead atoms. The van der Waals surface area contributed by atoms with Crippen LogP contribution in [0.3, 0.4) is 0 Å². The van der Waals surface area contributed by atoms with E-state index in [-0.39, 0.29) is 0 Å². The molecule has 144 valence electrons. The third-order valence-electron chi connectivity index (χ3n) is 4.95. The van der Waals surface area contributed by atoms with Gasteiger partial charge in [-0.05, 0) is 50.6 Å². The average molecular weight is 376 g/mol. The second-order valence-electron chi connectivity index (χ2n) is 7.00. The van der Waals surface area contributed by atoms with Crippen LogP contribution in [-0.2, 0) is 0 Å². The maximum atomic E-state index is 5.42. The fourth-order valence-corrected chi connectivity index (χ4v) is 3.45. The fraction of sp³-hybridized carbons (Fsp3) is 0.286. The van der Waals surface area contributed by atoms with Gasteiger partial charge in [-0.25, -0.2) is 4.98 Å². The molecule has 0 aliphatic carbocycles.